The Morgan fingerprint density at radius 2 is 1.25 bits per heavy atom. The summed E-state index contributed by atoms with van der Waals surface area (Å²) in [6, 6.07) is 0. The molecule has 0 rings (SSSR count). The molecule has 0 aromatic carbocycles. The average molecular weight is 228 g/mol. The number of unbranched alkanes of at least 4 members (excludes halogenated alkanes) is 2. The van der Waals surface area contributed by atoms with Crippen molar-refractivity contribution in [3.63, 3.8) is 0 Å². The van der Waals surface area contributed by atoms with E-state index in [0.717, 1.165) is 0 Å². The van der Waals surface area contributed by atoms with E-state index in [9.17, 15) is 0 Å². The second-order valence-corrected chi connectivity index (χ2v) is 6.84. The Hall–Kier alpha value is -0.0800. The zero-order chi connectivity index (χ0) is 12.8. The fourth-order valence-corrected chi connectivity index (χ4v) is 1.82. The summed E-state index contributed by atoms with van der Waals surface area (Å²) in [5, 5.41) is 7.32. The van der Waals surface area contributed by atoms with E-state index in [1.165, 1.54) is 25.7 Å². The molecule has 0 radical (unpaired) electrons. The second kappa shape index (κ2) is 6.61. The van der Waals surface area contributed by atoms with Gasteiger partial charge in [0.15, 0.2) is 0 Å². The molecule has 0 atom stereocenters. The Balaban J connectivity index is 4.17. The molecule has 0 amide bonds. The molecule has 0 fully saturated rings. The highest BCUT2D eigenvalue weighted by molar-refractivity contribution is 4.81. The van der Waals surface area contributed by atoms with Gasteiger partial charge in [0.25, 0.3) is 0 Å². The van der Waals surface area contributed by atoms with Gasteiger partial charge in [0, 0.05) is 11.1 Å². The van der Waals surface area contributed by atoms with Gasteiger partial charge < -0.3 is 0 Å². The number of nitrogens with one attached hydrogen (secondary N) is 2. The summed E-state index contributed by atoms with van der Waals surface area (Å²) in [4.78, 5) is 0. The fourth-order valence-electron chi connectivity index (χ4n) is 1.82. The summed E-state index contributed by atoms with van der Waals surface area (Å²) in [5.41, 5.74) is 0.351. The first-order chi connectivity index (χ1) is 7.14. The van der Waals surface area contributed by atoms with Crippen LogP contribution >= 0.6 is 0 Å². The topological polar surface area (TPSA) is 24.1 Å². The fraction of sp³-hybridized carbons (Fsp3) is 1.00. The summed E-state index contributed by atoms with van der Waals surface area (Å²) < 4.78 is 0. The molecule has 0 aliphatic rings. The van der Waals surface area contributed by atoms with Crippen molar-refractivity contribution in [1.29, 1.82) is 0 Å². The maximum absolute atomic E-state index is 3.66. The Morgan fingerprint density at radius 1 is 0.812 bits per heavy atom. The van der Waals surface area contributed by atoms with Crippen molar-refractivity contribution in [2.24, 2.45) is 0 Å². The lowest BCUT2D eigenvalue weighted by atomic mass is 10.0. The van der Waals surface area contributed by atoms with Crippen LogP contribution in [0, 0.1) is 0 Å². The van der Waals surface area contributed by atoms with Gasteiger partial charge in [-0.25, -0.2) is 0 Å². The minimum Gasteiger partial charge on any atom is -0.297 e. The SMILES string of the molecule is CCCCCC(NC(C)(C)C)NC(C)(C)C. The van der Waals surface area contributed by atoms with Crippen LogP contribution in [0.5, 0.6) is 0 Å². The van der Waals surface area contributed by atoms with Crippen LogP contribution < -0.4 is 10.6 Å². The van der Waals surface area contributed by atoms with Crippen molar-refractivity contribution >= 4 is 0 Å². The van der Waals surface area contributed by atoms with E-state index in [1.54, 1.807) is 0 Å². The maximum Gasteiger partial charge on any atom is 0.0579 e. The van der Waals surface area contributed by atoms with Crippen LogP contribution in [0.4, 0.5) is 0 Å². The lowest BCUT2D eigenvalue weighted by molar-refractivity contribution is 0.248. The summed E-state index contributed by atoms with van der Waals surface area (Å²) >= 11 is 0. The average Bonchev–Trinajstić information content (AvgIpc) is 1.97. The van der Waals surface area contributed by atoms with Gasteiger partial charge in [-0.3, -0.25) is 10.6 Å². The molecule has 0 unspecified atom stereocenters. The van der Waals surface area contributed by atoms with Crippen molar-refractivity contribution < 1.29 is 0 Å². The minimum atomic E-state index is 0.176. The molecular weight excluding hydrogens is 196 g/mol. The molecule has 98 valence electrons. The molecule has 0 aliphatic heterocycles. The summed E-state index contributed by atoms with van der Waals surface area (Å²) in [6.45, 7) is 15.6. The lowest BCUT2D eigenvalue weighted by Crippen LogP contribution is -2.56. The Morgan fingerprint density at radius 3 is 1.56 bits per heavy atom. The summed E-state index contributed by atoms with van der Waals surface area (Å²) in [6.07, 6.45) is 5.55. The van der Waals surface area contributed by atoms with Gasteiger partial charge in [0.2, 0.25) is 0 Å². The number of hydrogen-bond donors (Lipinski definition) is 2. The molecule has 2 N–H and O–H groups in total. The predicted molar refractivity (Wildman–Crippen MR) is 73.7 cm³/mol. The Labute approximate surface area is 103 Å². The standard InChI is InChI=1S/C14H32N2/c1-8-9-10-11-12(15-13(2,3)4)16-14(5,6)7/h12,15-16H,8-11H2,1-7H3. The zero-order valence-corrected chi connectivity index (χ0v) is 12.4. The molecule has 0 aromatic rings. The highest BCUT2D eigenvalue weighted by Crippen LogP contribution is 2.10. The first-order valence-corrected chi connectivity index (χ1v) is 6.69. The van der Waals surface area contributed by atoms with Crippen molar-refractivity contribution in [2.45, 2.75) is 91.4 Å². The largest absolute Gasteiger partial charge is 0.297 e. The molecule has 0 heterocycles. The third-order valence-corrected chi connectivity index (χ3v) is 2.31. The van der Waals surface area contributed by atoms with Crippen LogP contribution in [0.25, 0.3) is 0 Å². The maximum atomic E-state index is 3.66. The van der Waals surface area contributed by atoms with Gasteiger partial charge in [-0.05, 0) is 48.0 Å². The van der Waals surface area contributed by atoms with Crippen molar-refractivity contribution in [1.82, 2.24) is 10.6 Å². The quantitative estimate of drug-likeness (QED) is 0.535. The van der Waals surface area contributed by atoms with Gasteiger partial charge in [-0.2, -0.15) is 0 Å². The van der Waals surface area contributed by atoms with Crippen molar-refractivity contribution in [3.8, 4) is 0 Å². The van der Waals surface area contributed by atoms with E-state index in [1.807, 2.05) is 0 Å². The first kappa shape index (κ1) is 15.9. The molecule has 0 aromatic heterocycles. The Bertz CT molecular complexity index is 158. The van der Waals surface area contributed by atoms with E-state index in [-0.39, 0.29) is 11.1 Å². The molecular formula is C14H32N2. The first-order valence-electron chi connectivity index (χ1n) is 6.69. The third kappa shape index (κ3) is 10.4. The van der Waals surface area contributed by atoms with Crippen LogP contribution in [0.1, 0.15) is 74.1 Å². The zero-order valence-electron chi connectivity index (χ0n) is 12.4. The molecule has 0 bridgehead atoms. The minimum absolute atomic E-state index is 0.176. The Kier molecular flexibility index (Phi) is 6.57. The lowest BCUT2D eigenvalue weighted by Gasteiger charge is -2.34. The number of rotatable bonds is 6. The molecule has 2 heteroatoms. The van der Waals surface area contributed by atoms with Gasteiger partial charge in [-0.15, -0.1) is 0 Å². The molecule has 0 saturated heterocycles. The highest BCUT2D eigenvalue weighted by Gasteiger charge is 2.21. The molecule has 0 spiro atoms. The molecule has 0 saturated carbocycles. The molecule has 16 heavy (non-hydrogen) atoms. The molecule has 0 aliphatic carbocycles. The van der Waals surface area contributed by atoms with Crippen LogP contribution in [0.2, 0.25) is 0 Å². The van der Waals surface area contributed by atoms with Gasteiger partial charge in [0.05, 0.1) is 6.17 Å². The highest BCUT2D eigenvalue weighted by atomic mass is 15.2. The van der Waals surface area contributed by atoms with Gasteiger partial charge in [0.1, 0.15) is 0 Å². The van der Waals surface area contributed by atoms with Crippen LogP contribution in [-0.4, -0.2) is 17.2 Å². The predicted octanol–water partition coefficient (Wildman–Crippen LogP) is 3.67. The normalized spacial score (nSPS) is 13.5. The van der Waals surface area contributed by atoms with Gasteiger partial charge >= 0.3 is 0 Å². The third-order valence-electron chi connectivity index (χ3n) is 2.31. The van der Waals surface area contributed by atoms with Crippen molar-refractivity contribution in [3.05, 3.63) is 0 Å². The monoisotopic (exact) mass is 228 g/mol. The second-order valence-electron chi connectivity index (χ2n) is 6.84. The number of hydrogen-bond acceptors (Lipinski definition) is 2. The van der Waals surface area contributed by atoms with E-state index in [0.29, 0.717) is 6.17 Å². The smallest absolute Gasteiger partial charge is 0.0579 e. The van der Waals surface area contributed by atoms with Crippen LogP contribution in [0.3, 0.4) is 0 Å². The van der Waals surface area contributed by atoms with Gasteiger partial charge in [-0.1, -0.05) is 26.2 Å². The van der Waals surface area contributed by atoms with E-state index >= 15 is 0 Å². The summed E-state index contributed by atoms with van der Waals surface area (Å²) in [7, 11) is 0. The van der Waals surface area contributed by atoms with Crippen LogP contribution in [-0.2, 0) is 0 Å². The summed E-state index contributed by atoms with van der Waals surface area (Å²) in [5.74, 6) is 0. The van der Waals surface area contributed by atoms with Crippen LogP contribution in [0.15, 0.2) is 0 Å². The van der Waals surface area contributed by atoms with E-state index in [4.69, 9.17) is 0 Å². The molecule has 2 nitrogen and oxygen atoms in total. The van der Waals surface area contributed by atoms with E-state index < -0.39 is 0 Å². The van der Waals surface area contributed by atoms with Crippen molar-refractivity contribution in [2.75, 3.05) is 0 Å². The van der Waals surface area contributed by atoms with E-state index in [2.05, 4.69) is 59.1 Å².